The first-order valence-corrected chi connectivity index (χ1v) is 7.59. The Hall–Kier alpha value is -1.13. The highest BCUT2D eigenvalue weighted by Crippen LogP contribution is 2.17. The van der Waals surface area contributed by atoms with Crippen LogP contribution in [-0.2, 0) is 6.54 Å². The highest BCUT2D eigenvalue weighted by atomic mass is 16.5. The molecule has 0 spiro atoms. The average Bonchev–Trinajstić information content (AvgIpc) is 2.46. The van der Waals surface area contributed by atoms with E-state index < -0.39 is 0 Å². The van der Waals surface area contributed by atoms with Gasteiger partial charge in [0.05, 0.1) is 12.8 Å². The molecular weight excluding hydrogens is 250 g/mol. The molecule has 4 nitrogen and oxygen atoms in total. The van der Waals surface area contributed by atoms with Crippen molar-refractivity contribution in [3.05, 3.63) is 23.5 Å². The molecule has 1 aliphatic heterocycles. The smallest absolute Gasteiger partial charge is 0.122 e. The van der Waals surface area contributed by atoms with Gasteiger partial charge in [-0.3, -0.25) is 9.88 Å². The molecule has 0 aliphatic carbocycles. The molecule has 1 saturated heterocycles. The first-order valence-electron chi connectivity index (χ1n) is 7.59. The predicted octanol–water partition coefficient (Wildman–Crippen LogP) is 2.22. The first kappa shape index (κ1) is 15.3. The van der Waals surface area contributed by atoms with Crippen molar-refractivity contribution in [3.63, 3.8) is 0 Å². The minimum Gasteiger partial charge on any atom is -0.497 e. The summed E-state index contributed by atoms with van der Waals surface area (Å²) < 4.78 is 5.33. The molecule has 1 aromatic rings. The van der Waals surface area contributed by atoms with Crippen LogP contribution in [0.5, 0.6) is 5.75 Å². The summed E-state index contributed by atoms with van der Waals surface area (Å²) in [5.41, 5.74) is 2.12. The van der Waals surface area contributed by atoms with Crippen molar-refractivity contribution in [2.45, 2.75) is 39.8 Å². The molecule has 4 heteroatoms. The van der Waals surface area contributed by atoms with E-state index in [-0.39, 0.29) is 0 Å². The summed E-state index contributed by atoms with van der Waals surface area (Å²) in [6.07, 6.45) is 1.22. The van der Waals surface area contributed by atoms with Gasteiger partial charge in [0.2, 0.25) is 0 Å². The maximum Gasteiger partial charge on any atom is 0.122 e. The van der Waals surface area contributed by atoms with E-state index in [1.807, 2.05) is 19.1 Å². The average molecular weight is 277 g/mol. The van der Waals surface area contributed by atoms with E-state index in [0.717, 1.165) is 49.2 Å². The van der Waals surface area contributed by atoms with Crippen molar-refractivity contribution in [2.24, 2.45) is 5.92 Å². The monoisotopic (exact) mass is 277 g/mol. The van der Waals surface area contributed by atoms with Gasteiger partial charge in [-0.15, -0.1) is 0 Å². The predicted molar refractivity (Wildman–Crippen MR) is 82.0 cm³/mol. The molecule has 2 rings (SSSR count). The number of rotatable bonds is 5. The number of ether oxygens (including phenoxy) is 1. The lowest BCUT2D eigenvalue weighted by Crippen LogP contribution is -2.52. The van der Waals surface area contributed by atoms with Crippen LogP contribution in [0.4, 0.5) is 0 Å². The van der Waals surface area contributed by atoms with Crippen LogP contribution < -0.4 is 10.1 Å². The van der Waals surface area contributed by atoms with E-state index in [0.29, 0.717) is 6.04 Å². The number of pyridine rings is 1. The Balaban J connectivity index is 2.00. The molecule has 1 fully saturated rings. The number of piperazine rings is 1. The van der Waals surface area contributed by atoms with Crippen molar-refractivity contribution in [1.82, 2.24) is 15.2 Å². The van der Waals surface area contributed by atoms with Gasteiger partial charge in [0, 0.05) is 50.0 Å². The minimum absolute atomic E-state index is 0.598. The molecule has 0 amide bonds. The van der Waals surface area contributed by atoms with Gasteiger partial charge < -0.3 is 10.1 Å². The lowest BCUT2D eigenvalue weighted by Gasteiger charge is -2.36. The summed E-state index contributed by atoms with van der Waals surface area (Å²) in [6.45, 7) is 10.8. The molecule has 2 unspecified atom stereocenters. The Kier molecular flexibility index (Phi) is 5.38. The topological polar surface area (TPSA) is 37.4 Å². The third kappa shape index (κ3) is 3.93. The van der Waals surface area contributed by atoms with E-state index in [2.05, 4.69) is 29.0 Å². The lowest BCUT2D eigenvalue weighted by molar-refractivity contribution is 0.160. The number of methoxy groups -OCH3 is 1. The van der Waals surface area contributed by atoms with Crippen LogP contribution in [0.25, 0.3) is 0 Å². The van der Waals surface area contributed by atoms with Gasteiger partial charge >= 0.3 is 0 Å². The van der Waals surface area contributed by atoms with Gasteiger partial charge in [0.1, 0.15) is 5.75 Å². The van der Waals surface area contributed by atoms with Gasteiger partial charge in [-0.05, 0) is 12.8 Å². The second-order valence-corrected chi connectivity index (χ2v) is 5.82. The van der Waals surface area contributed by atoms with Crippen molar-refractivity contribution in [1.29, 1.82) is 0 Å². The summed E-state index contributed by atoms with van der Waals surface area (Å²) in [5, 5.41) is 3.63. The molecule has 0 radical (unpaired) electrons. The van der Waals surface area contributed by atoms with Gasteiger partial charge in [0.25, 0.3) is 0 Å². The molecule has 20 heavy (non-hydrogen) atoms. The van der Waals surface area contributed by atoms with E-state index in [4.69, 9.17) is 4.74 Å². The van der Waals surface area contributed by atoms with Gasteiger partial charge in [0.15, 0.2) is 0 Å². The fraction of sp³-hybridized carbons (Fsp3) is 0.688. The highest BCUT2D eigenvalue weighted by Gasteiger charge is 2.23. The van der Waals surface area contributed by atoms with Crippen LogP contribution in [-0.4, -0.2) is 42.7 Å². The van der Waals surface area contributed by atoms with E-state index >= 15 is 0 Å². The maximum atomic E-state index is 5.33. The Labute approximate surface area is 122 Å². The quantitative estimate of drug-likeness (QED) is 0.895. The number of nitrogens with one attached hydrogen (secondary N) is 1. The van der Waals surface area contributed by atoms with Crippen molar-refractivity contribution in [3.8, 4) is 5.75 Å². The van der Waals surface area contributed by atoms with Crippen LogP contribution in [0.15, 0.2) is 12.1 Å². The third-order valence-corrected chi connectivity index (χ3v) is 4.22. The fourth-order valence-electron chi connectivity index (χ4n) is 2.78. The van der Waals surface area contributed by atoms with Crippen LogP contribution in [0.2, 0.25) is 0 Å². The molecule has 0 bridgehead atoms. The normalized spacial score (nSPS) is 21.7. The van der Waals surface area contributed by atoms with Crippen LogP contribution in [0.3, 0.4) is 0 Å². The summed E-state index contributed by atoms with van der Waals surface area (Å²) in [5.74, 6) is 1.62. The van der Waals surface area contributed by atoms with Crippen molar-refractivity contribution >= 4 is 0 Å². The van der Waals surface area contributed by atoms with E-state index in [9.17, 15) is 0 Å². The Morgan fingerprint density at radius 1 is 1.50 bits per heavy atom. The molecular formula is C16H27N3O. The number of hydrogen-bond acceptors (Lipinski definition) is 4. The number of nitrogens with zero attached hydrogens (tertiary/aromatic N) is 2. The molecule has 1 aromatic heterocycles. The molecule has 0 saturated carbocycles. The van der Waals surface area contributed by atoms with Crippen LogP contribution in [0.1, 0.15) is 31.7 Å². The molecule has 2 heterocycles. The molecule has 2 atom stereocenters. The van der Waals surface area contributed by atoms with E-state index in [1.165, 1.54) is 6.42 Å². The summed E-state index contributed by atoms with van der Waals surface area (Å²) in [4.78, 5) is 7.12. The zero-order valence-electron chi connectivity index (χ0n) is 13.1. The Morgan fingerprint density at radius 3 is 3.00 bits per heavy atom. The molecule has 1 N–H and O–H groups in total. The standard InChI is InChI=1S/C16H27N3O/c1-5-12(2)16-11-19(7-6-17-16)10-14-9-15(20-4)8-13(3)18-14/h8-9,12,16-17H,5-7,10-11H2,1-4H3. The third-order valence-electron chi connectivity index (χ3n) is 4.22. The van der Waals surface area contributed by atoms with Gasteiger partial charge in [-0.25, -0.2) is 0 Å². The Morgan fingerprint density at radius 2 is 2.30 bits per heavy atom. The highest BCUT2D eigenvalue weighted by molar-refractivity contribution is 5.26. The summed E-state index contributed by atoms with van der Waals surface area (Å²) in [7, 11) is 1.71. The zero-order valence-corrected chi connectivity index (χ0v) is 13.1. The van der Waals surface area contributed by atoms with Crippen LogP contribution in [0, 0.1) is 12.8 Å². The largest absolute Gasteiger partial charge is 0.497 e. The van der Waals surface area contributed by atoms with Crippen molar-refractivity contribution in [2.75, 3.05) is 26.7 Å². The number of aromatic nitrogens is 1. The zero-order chi connectivity index (χ0) is 14.5. The molecule has 112 valence electrons. The summed E-state index contributed by atoms with van der Waals surface area (Å²) >= 11 is 0. The fourth-order valence-corrected chi connectivity index (χ4v) is 2.78. The second-order valence-electron chi connectivity index (χ2n) is 5.82. The summed E-state index contributed by atoms with van der Waals surface area (Å²) in [6, 6.07) is 4.62. The first-order chi connectivity index (χ1) is 9.62. The molecule has 0 aromatic carbocycles. The van der Waals surface area contributed by atoms with Crippen LogP contribution >= 0.6 is 0 Å². The molecule has 1 aliphatic rings. The maximum absolute atomic E-state index is 5.33. The number of hydrogen-bond donors (Lipinski definition) is 1. The second kappa shape index (κ2) is 7.04. The lowest BCUT2D eigenvalue weighted by atomic mass is 9.97. The Bertz CT molecular complexity index is 436. The van der Waals surface area contributed by atoms with E-state index in [1.54, 1.807) is 7.11 Å². The van der Waals surface area contributed by atoms with Gasteiger partial charge in [-0.2, -0.15) is 0 Å². The van der Waals surface area contributed by atoms with Gasteiger partial charge in [-0.1, -0.05) is 20.3 Å². The minimum atomic E-state index is 0.598. The number of aryl methyl sites for hydroxylation is 1. The SMILES string of the molecule is CCC(C)C1CN(Cc2cc(OC)cc(C)n2)CCN1. The van der Waals surface area contributed by atoms with Crippen molar-refractivity contribution < 1.29 is 4.74 Å².